The lowest BCUT2D eigenvalue weighted by Crippen LogP contribution is -2.24. The number of aromatic nitrogens is 2. The molecule has 2 aromatic carbocycles. The molecule has 0 aliphatic carbocycles. The normalized spacial score (nSPS) is 11.3. The van der Waals surface area contributed by atoms with Crippen LogP contribution < -0.4 is 14.8 Å². The SMILES string of the molecule is COc1ccc(C(=O)Nc2nnc(C)s2)cc1S(=O)(=O)NCc1ccc(Cl)cc1. The number of anilines is 1. The van der Waals surface area contributed by atoms with E-state index in [0.29, 0.717) is 15.2 Å². The van der Waals surface area contributed by atoms with Gasteiger partial charge in [-0.25, -0.2) is 13.1 Å². The summed E-state index contributed by atoms with van der Waals surface area (Å²) in [6.45, 7) is 1.82. The third-order valence-corrected chi connectivity index (χ3v) is 6.27. The molecule has 2 N–H and O–H groups in total. The summed E-state index contributed by atoms with van der Waals surface area (Å²) in [5.41, 5.74) is 0.878. The van der Waals surface area contributed by atoms with E-state index in [9.17, 15) is 13.2 Å². The van der Waals surface area contributed by atoms with E-state index in [2.05, 4.69) is 20.2 Å². The lowest BCUT2D eigenvalue weighted by Gasteiger charge is -2.12. The summed E-state index contributed by atoms with van der Waals surface area (Å²) in [5.74, 6) is -0.380. The number of rotatable bonds is 7. The predicted molar refractivity (Wildman–Crippen MR) is 111 cm³/mol. The first-order valence-electron chi connectivity index (χ1n) is 8.32. The van der Waals surface area contributed by atoms with E-state index in [1.165, 1.54) is 36.6 Å². The zero-order chi connectivity index (χ0) is 21.0. The molecule has 152 valence electrons. The first kappa shape index (κ1) is 21.2. The standard InChI is InChI=1S/C18H17ClN4O4S2/c1-11-22-23-18(28-11)21-17(24)13-5-8-15(27-2)16(9-13)29(25,26)20-10-12-3-6-14(19)7-4-12/h3-9,20H,10H2,1-2H3,(H,21,23,24). The summed E-state index contributed by atoms with van der Waals surface area (Å²) in [5, 5.41) is 11.8. The summed E-state index contributed by atoms with van der Waals surface area (Å²) in [6.07, 6.45) is 0. The lowest BCUT2D eigenvalue weighted by atomic mass is 10.2. The molecule has 0 saturated heterocycles. The number of ether oxygens (including phenoxy) is 1. The second kappa shape index (κ2) is 8.87. The molecule has 0 fully saturated rings. The van der Waals surface area contributed by atoms with Crippen molar-refractivity contribution in [3.8, 4) is 5.75 Å². The quantitative estimate of drug-likeness (QED) is 0.569. The van der Waals surface area contributed by atoms with Crippen molar-refractivity contribution in [2.45, 2.75) is 18.4 Å². The first-order valence-corrected chi connectivity index (χ1v) is 11.0. The van der Waals surface area contributed by atoms with Crippen LogP contribution >= 0.6 is 22.9 Å². The monoisotopic (exact) mass is 452 g/mol. The van der Waals surface area contributed by atoms with Gasteiger partial charge in [0.1, 0.15) is 15.7 Å². The molecule has 0 radical (unpaired) electrons. The Morgan fingerprint density at radius 1 is 1.17 bits per heavy atom. The number of carbonyl (C=O) groups is 1. The molecule has 1 amide bonds. The smallest absolute Gasteiger partial charge is 0.257 e. The fraction of sp³-hybridized carbons (Fsp3) is 0.167. The van der Waals surface area contributed by atoms with E-state index in [0.717, 1.165) is 5.56 Å². The van der Waals surface area contributed by atoms with Gasteiger partial charge >= 0.3 is 0 Å². The van der Waals surface area contributed by atoms with Crippen LogP contribution in [0.3, 0.4) is 0 Å². The van der Waals surface area contributed by atoms with Gasteiger partial charge < -0.3 is 4.74 Å². The lowest BCUT2D eigenvalue weighted by molar-refractivity contribution is 0.102. The predicted octanol–water partition coefficient (Wildman–Crippen LogP) is 3.24. The Bertz CT molecular complexity index is 1130. The minimum Gasteiger partial charge on any atom is -0.495 e. The summed E-state index contributed by atoms with van der Waals surface area (Å²) >= 11 is 7.06. The topological polar surface area (TPSA) is 110 Å². The molecule has 1 aromatic heterocycles. The van der Waals surface area contributed by atoms with E-state index in [-0.39, 0.29) is 22.8 Å². The number of aryl methyl sites for hydroxylation is 1. The highest BCUT2D eigenvalue weighted by Crippen LogP contribution is 2.26. The Balaban J connectivity index is 1.83. The maximum atomic E-state index is 12.8. The average molecular weight is 453 g/mol. The number of nitrogens with zero attached hydrogens (tertiary/aromatic N) is 2. The van der Waals surface area contributed by atoms with E-state index < -0.39 is 15.9 Å². The minimum absolute atomic E-state index is 0.0587. The molecule has 1 heterocycles. The zero-order valence-corrected chi connectivity index (χ0v) is 17.9. The molecule has 0 bridgehead atoms. The number of hydrogen-bond donors (Lipinski definition) is 2. The molecule has 0 aliphatic heterocycles. The Kier molecular flexibility index (Phi) is 6.48. The number of benzene rings is 2. The van der Waals surface area contributed by atoms with Crippen LogP contribution in [0.25, 0.3) is 0 Å². The van der Waals surface area contributed by atoms with Crippen LogP contribution in [-0.2, 0) is 16.6 Å². The van der Waals surface area contributed by atoms with E-state index in [1.807, 2.05) is 0 Å². The van der Waals surface area contributed by atoms with Crippen molar-refractivity contribution in [1.29, 1.82) is 0 Å². The van der Waals surface area contributed by atoms with Crippen LogP contribution in [0.4, 0.5) is 5.13 Å². The molecular formula is C18H17ClN4O4S2. The Labute approximate surface area is 176 Å². The second-order valence-corrected chi connectivity index (χ2v) is 9.25. The van der Waals surface area contributed by atoms with Gasteiger partial charge in [0.05, 0.1) is 7.11 Å². The highest BCUT2D eigenvalue weighted by Gasteiger charge is 2.22. The zero-order valence-electron chi connectivity index (χ0n) is 15.5. The molecule has 29 heavy (non-hydrogen) atoms. The maximum absolute atomic E-state index is 12.8. The van der Waals surface area contributed by atoms with Gasteiger partial charge in [0, 0.05) is 17.1 Å². The van der Waals surface area contributed by atoms with Crippen molar-refractivity contribution in [1.82, 2.24) is 14.9 Å². The second-order valence-electron chi connectivity index (χ2n) is 5.90. The van der Waals surface area contributed by atoms with Crippen molar-refractivity contribution in [2.75, 3.05) is 12.4 Å². The highest BCUT2D eigenvalue weighted by molar-refractivity contribution is 7.89. The highest BCUT2D eigenvalue weighted by atomic mass is 35.5. The fourth-order valence-electron chi connectivity index (χ4n) is 2.40. The summed E-state index contributed by atoms with van der Waals surface area (Å²) in [6, 6.07) is 10.9. The number of methoxy groups -OCH3 is 1. The summed E-state index contributed by atoms with van der Waals surface area (Å²) in [7, 11) is -2.59. The number of carbonyl (C=O) groups excluding carboxylic acids is 1. The molecule has 11 heteroatoms. The third-order valence-electron chi connectivity index (χ3n) is 3.84. The maximum Gasteiger partial charge on any atom is 0.257 e. The Morgan fingerprint density at radius 3 is 2.52 bits per heavy atom. The Hall–Kier alpha value is -2.53. The van der Waals surface area contributed by atoms with E-state index >= 15 is 0 Å². The molecule has 0 unspecified atom stereocenters. The first-order chi connectivity index (χ1) is 13.8. The van der Waals surface area contributed by atoms with Crippen LogP contribution in [-0.4, -0.2) is 31.6 Å². The van der Waals surface area contributed by atoms with Gasteiger partial charge in [0.25, 0.3) is 5.91 Å². The van der Waals surface area contributed by atoms with E-state index in [1.54, 1.807) is 31.2 Å². The van der Waals surface area contributed by atoms with Gasteiger partial charge in [0.15, 0.2) is 0 Å². The van der Waals surface area contributed by atoms with Crippen LogP contribution in [0.5, 0.6) is 5.75 Å². The number of nitrogens with one attached hydrogen (secondary N) is 2. The van der Waals surface area contributed by atoms with Gasteiger partial charge in [-0.05, 0) is 42.8 Å². The Morgan fingerprint density at radius 2 is 1.90 bits per heavy atom. The summed E-state index contributed by atoms with van der Waals surface area (Å²) in [4.78, 5) is 12.3. The van der Waals surface area contributed by atoms with E-state index in [4.69, 9.17) is 16.3 Å². The number of sulfonamides is 1. The molecule has 0 atom stereocenters. The van der Waals surface area contributed by atoms with Crippen molar-refractivity contribution >= 4 is 44.0 Å². The average Bonchev–Trinajstić information content (AvgIpc) is 3.11. The van der Waals surface area contributed by atoms with Crippen molar-refractivity contribution in [3.63, 3.8) is 0 Å². The van der Waals surface area contributed by atoms with Crippen LogP contribution in [0.2, 0.25) is 5.02 Å². The summed E-state index contributed by atoms with van der Waals surface area (Å²) < 4.78 is 33.3. The molecule has 3 aromatic rings. The third kappa shape index (κ3) is 5.30. The number of hydrogen-bond acceptors (Lipinski definition) is 7. The molecule has 0 aliphatic rings. The molecule has 0 spiro atoms. The van der Waals surface area contributed by atoms with Gasteiger partial charge in [-0.1, -0.05) is 35.1 Å². The van der Waals surface area contributed by atoms with Crippen molar-refractivity contribution in [2.24, 2.45) is 0 Å². The van der Waals surface area contributed by atoms with Gasteiger partial charge in [-0.2, -0.15) is 0 Å². The minimum atomic E-state index is -3.95. The van der Waals surface area contributed by atoms with Crippen LogP contribution in [0.15, 0.2) is 47.4 Å². The van der Waals surface area contributed by atoms with Crippen LogP contribution in [0, 0.1) is 6.92 Å². The number of halogens is 1. The van der Waals surface area contributed by atoms with Crippen LogP contribution in [0.1, 0.15) is 20.9 Å². The van der Waals surface area contributed by atoms with Gasteiger partial charge in [0.2, 0.25) is 15.2 Å². The fourth-order valence-corrected chi connectivity index (χ4v) is 4.33. The largest absolute Gasteiger partial charge is 0.495 e. The van der Waals surface area contributed by atoms with Gasteiger partial charge in [-0.3, -0.25) is 10.1 Å². The number of amides is 1. The molecule has 8 nitrogen and oxygen atoms in total. The molecule has 0 saturated carbocycles. The van der Waals surface area contributed by atoms with Crippen molar-refractivity contribution < 1.29 is 17.9 Å². The van der Waals surface area contributed by atoms with Crippen molar-refractivity contribution in [3.05, 3.63) is 63.6 Å². The molecule has 3 rings (SSSR count). The molecular weight excluding hydrogens is 436 g/mol. The van der Waals surface area contributed by atoms with Gasteiger partial charge in [-0.15, -0.1) is 10.2 Å².